The Hall–Kier alpha value is -2.42. The molecular formula is C15H23N7O2. The van der Waals surface area contributed by atoms with E-state index in [0.29, 0.717) is 13.1 Å². The Morgan fingerprint density at radius 1 is 1.29 bits per heavy atom. The molecular weight excluding hydrogens is 310 g/mol. The normalized spacial score (nSPS) is 19.0. The first kappa shape index (κ1) is 16.4. The van der Waals surface area contributed by atoms with Gasteiger partial charge in [0.05, 0.1) is 6.04 Å². The fourth-order valence-corrected chi connectivity index (χ4v) is 3.13. The summed E-state index contributed by atoms with van der Waals surface area (Å²) in [5.41, 5.74) is -0.281. The number of piperazine rings is 1. The maximum Gasteiger partial charge on any atom is 0.345 e. The number of imidazole rings is 1. The Morgan fingerprint density at radius 2 is 2.08 bits per heavy atom. The molecule has 130 valence electrons. The molecule has 24 heavy (non-hydrogen) atoms. The molecule has 0 saturated carbocycles. The zero-order valence-corrected chi connectivity index (χ0v) is 14.3. The molecule has 0 spiro atoms. The van der Waals surface area contributed by atoms with Crippen molar-refractivity contribution in [3.05, 3.63) is 35.0 Å². The van der Waals surface area contributed by atoms with Crippen molar-refractivity contribution < 1.29 is 4.79 Å². The van der Waals surface area contributed by atoms with Gasteiger partial charge in [-0.2, -0.15) is 5.10 Å². The summed E-state index contributed by atoms with van der Waals surface area (Å²) in [4.78, 5) is 33.0. The number of hydrogen-bond acceptors (Lipinski definition) is 5. The average molecular weight is 333 g/mol. The summed E-state index contributed by atoms with van der Waals surface area (Å²) in [7, 11) is 3.58. The summed E-state index contributed by atoms with van der Waals surface area (Å²) in [5.74, 6) is 0.857. The summed E-state index contributed by atoms with van der Waals surface area (Å²) in [6, 6.07) is 0.0631. The summed E-state index contributed by atoms with van der Waals surface area (Å²) >= 11 is 0. The predicted molar refractivity (Wildman–Crippen MR) is 87.2 cm³/mol. The number of rotatable bonds is 4. The lowest BCUT2D eigenvalue weighted by Crippen LogP contribution is -2.52. The third-order valence-corrected chi connectivity index (χ3v) is 4.58. The van der Waals surface area contributed by atoms with Crippen LogP contribution in [0.15, 0.2) is 23.5 Å². The van der Waals surface area contributed by atoms with E-state index < -0.39 is 0 Å². The Morgan fingerprint density at radius 3 is 2.67 bits per heavy atom. The molecule has 1 fully saturated rings. The monoisotopic (exact) mass is 333 g/mol. The molecule has 9 nitrogen and oxygen atoms in total. The fourth-order valence-electron chi connectivity index (χ4n) is 3.13. The molecule has 3 heterocycles. The minimum atomic E-state index is -0.281. The molecule has 9 heteroatoms. The summed E-state index contributed by atoms with van der Waals surface area (Å²) in [6.07, 6.45) is 5.11. The Balaban J connectivity index is 1.75. The zero-order valence-electron chi connectivity index (χ0n) is 14.3. The van der Waals surface area contributed by atoms with Crippen LogP contribution in [0.2, 0.25) is 0 Å². The van der Waals surface area contributed by atoms with Gasteiger partial charge in [-0.05, 0) is 6.54 Å². The second-order valence-corrected chi connectivity index (χ2v) is 6.06. The van der Waals surface area contributed by atoms with Crippen LogP contribution in [0.25, 0.3) is 0 Å². The number of amides is 1. The van der Waals surface area contributed by atoms with Gasteiger partial charge in [0.15, 0.2) is 0 Å². The van der Waals surface area contributed by atoms with E-state index in [-0.39, 0.29) is 24.2 Å². The van der Waals surface area contributed by atoms with Crippen LogP contribution in [0.3, 0.4) is 0 Å². The van der Waals surface area contributed by atoms with Crippen LogP contribution in [0, 0.1) is 0 Å². The quantitative estimate of drug-likeness (QED) is 0.733. The molecule has 0 bridgehead atoms. The van der Waals surface area contributed by atoms with Gasteiger partial charge in [-0.1, -0.05) is 6.92 Å². The van der Waals surface area contributed by atoms with E-state index in [9.17, 15) is 9.59 Å². The molecule has 0 aliphatic carbocycles. The second kappa shape index (κ2) is 6.60. The smallest absolute Gasteiger partial charge is 0.338 e. The van der Waals surface area contributed by atoms with Gasteiger partial charge in [0.1, 0.15) is 18.7 Å². The van der Waals surface area contributed by atoms with Crippen LogP contribution in [-0.4, -0.2) is 65.8 Å². The Kier molecular flexibility index (Phi) is 4.52. The molecule has 2 aromatic heterocycles. The minimum Gasteiger partial charge on any atom is -0.338 e. The van der Waals surface area contributed by atoms with Crippen molar-refractivity contribution in [3.63, 3.8) is 0 Å². The van der Waals surface area contributed by atoms with Crippen molar-refractivity contribution in [1.82, 2.24) is 33.7 Å². The lowest BCUT2D eigenvalue weighted by molar-refractivity contribution is -0.135. The van der Waals surface area contributed by atoms with Crippen molar-refractivity contribution in [2.24, 2.45) is 14.1 Å². The van der Waals surface area contributed by atoms with Crippen LogP contribution in [0.4, 0.5) is 0 Å². The summed E-state index contributed by atoms with van der Waals surface area (Å²) < 4.78 is 4.55. The van der Waals surface area contributed by atoms with Gasteiger partial charge < -0.3 is 9.47 Å². The van der Waals surface area contributed by atoms with E-state index in [1.54, 1.807) is 18.1 Å². The van der Waals surface area contributed by atoms with Crippen molar-refractivity contribution in [3.8, 4) is 0 Å². The van der Waals surface area contributed by atoms with Gasteiger partial charge in [-0.15, -0.1) is 0 Å². The summed E-state index contributed by atoms with van der Waals surface area (Å²) in [5, 5.41) is 3.96. The molecule has 0 N–H and O–H groups in total. The molecule has 1 amide bonds. The molecule has 0 aromatic carbocycles. The molecule has 3 rings (SSSR count). The van der Waals surface area contributed by atoms with Crippen molar-refractivity contribution >= 4 is 5.91 Å². The van der Waals surface area contributed by atoms with Gasteiger partial charge in [0.25, 0.3) is 0 Å². The number of carbonyl (C=O) groups is 1. The van der Waals surface area contributed by atoms with Gasteiger partial charge >= 0.3 is 5.69 Å². The maximum absolute atomic E-state index is 12.6. The standard InChI is InChI=1S/C15H23N7O2/c1-4-20-7-8-21(9-12(20)14-16-5-6-18(14)2)13(23)10-22-15(24)19(3)11-17-22/h5-6,11-12H,4,7-10H2,1-3H3/t12-/m1/s1. The van der Waals surface area contributed by atoms with Gasteiger partial charge in [-0.25, -0.2) is 14.5 Å². The van der Waals surface area contributed by atoms with E-state index in [4.69, 9.17) is 0 Å². The van der Waals surface area contributed by atoms with Gasteiger partial charge in [-0.3, -0.25) is 14.3 Å². The largest absolute Gasteiger partial charge is 0.345 e. The lowest BCUT2D eigenvalue weighted by atomic mass is 10.1. The highest BCUT2D eigenvalue weighted by atomic mass is 16.2. The van der Waals surface area contributed by atoms with Gasteiger partial charge in [0, 0.05) is 46.1 Å². The molecule has 2 aromatic rings. The van der Waals surface area contributed by atoms with E-state index >= 15 is 0 Å². The van der Waals surface area contributed by atoms with Crippen LogP contribution >= 0.6 is 0 Å². The van der Waals surface area contributed by atoms with E-state index in [1.165, 1.54) is 15.6 Å². The maximum atomic E-state index is 12.6. The molecule has 0 unspecified atom stereocenters. The third kappa shape index (κ3) is 2.99. The number of likely N-dealkylation sites (N-methyl/N-ethyl adjacent to an activating group) is 1. The SMILES string of the molecule is CCN1CCN(C(=O)Cn2ncn(C)c2=O)C[C@@H]1c1nccn1C. The number of carbonyl (C=O) groups excluding carboxylic acids is 1. The zero-order chi connectivity index (χ0) is 17.3. The highest BCUT2D eigenvalue weighted by molar-refractivity contribution is 5.76. The highest BCUT2D eigenvalue weighted by Gasteiger charge is 2.32. The molecule has 1 saturated heterocycles. The first-order chi connectivity index (χ1) is 11.5. The van der Waals surface area contributed by atoms with Crippen LogP contribution in [0.1, 0.15) is 18.8 Å². The fraction of sp³-hybridized carbons (Fsp3) is 0.600. The third-order valence-electron chi connectivity index (χ3n) is 4.58. The van der Waals surface area contributed by atoms with E-state index in [2.05, 4.69) is 21.9 Å². The second-order valence-electron chi connectivity index (χ2n) is 6.06. The topological polar surface area (TPSA) is 81.2 Å². The van der Waals surface area contributed by atoms with Gasteiger partial charge in [0.2, 0.25) is 5.91 Å². The number of hydrogen-bond donors (Lipinski definition) is 0. The Labute approximate surface area is 140 Å². The van der Waals surface area contributed by atoms with E-state index in [0.717, 1.165) is 18.9 Å². The first-order valence-corrected chi connectivity index (χ1v) is 8.08. The highest BCUT2D eigenvalue weighted by Crippen LogP contribution is 2.23. The van der Waals surface area contributed by atoms with Crippen molar-refractivity contribution in [2.45, 2.75) is 19.5 Å². The molecule has 1 aliphatic rings. The molecule has 0 radical (unpaired) electrons. The lowest BCUT2D eigenvalue weighted by Gasteiger charge is -2.40. The van der Waals surface area contributed by atoms with E-state index in [1.807, 2.05) is 17.8 Å². The Bertz CT molecular complexity index is 775. The number of nitrogens with zero attached hydrogens (tertiary/aromatic N) is 7. The van der Waals surface area contributed by atoms with Crippen LogP contribution < -0.4 is 5.69 Å². The predicted octanol–water partition coefficient (Wildman–Crippen LogP) is -0.779. The van der Waals surface area contributed by atoms with Crippen molar-refractivity contribution in [2.75, 3.05) is 26.2 Å². The molecule has 1 atom stereocenters. The van der Waals surface area contributed by atoms with Crippen LogP contribution in [-0.2, 0) is 25.4 Å². The minimum absolute atomic E-state index is 0.0287. The molecule has 1 aliphatic heterocycles. The number of aromatic nitrogens is 5. The van der Waals surface area contributed by atoms with Crippen LogP contribution in [0.5, 0.6) is 0 Å². The first-order valence-electron chi connectivity index (χ1n) is 8.08. The summed E-state index contributed by atoms with van der Waals surface area (Å²) in [6.45, 7) is 4.99. The van der Waals surface area contributed by atoms with Crippen molar-refractivity contribution in [1.29, 1.82) is 0 Å². The number of aryl methyl sites for hydroxylation is 2. The average Bonchev–Trinajstić information content (AvgIpc) is 3.14.